The van der Waals surface area contributed by atoms with Gasteiger partial charge in [0.05, 0.1) is 18.5 Å². The van der Waals surface area contributed by atoms with Crippen molar-refractivity contribution in [3.8, 4) is 0 Å². The highest BCUT2D eigenvalue weighted by atomic mass is 16.5. The highest BCUT2D eigenvalue weighted by Crippen LogP contribution is 2.08. The van der Waals surface area contributed by atoms with Crippen molar-refractivity contribution in [3.05, 3.63) is 30.1 Å². The summed E-state index contributed by atoms with van der Waals surface area (Å²) in [6, 6.07) is 3.44. The summed E-state index contributed by atoms with van der Waals surface area (Å²) in [7, 11) is 1.31. The maximum absolute atomic E-state index is 10.7. The van der Waals surface area contributed by atoms with Crippen molar-refractivity contribution in [2.24, 2.45) is 0 Å². The second kappa shape index (κ2) is 4.25. The Morgan fingerprint density at radius 2 is 2.46 bits per heavy atom. The molecule has 0 aromatic carbocycles. The first-order valence-corrected chi connectivity index (χ1v) is 3.70. The molecule has 0 bridgehead atoms. The van der Waals surface area contributed by atoms with Crippen LogP contribution >= 0.6 is 0 Å². The Morgan fingerprint density at radius 3 is 3.08 bits per heavy atom. The van der Waals surface area contributed by atoms with Crippen molar-refractivity contribution in [1.82, 2.24) is 4.98 Å². The van der Waals surface area contributed by atoms with Crippen LogP contribution in [0.3, 0.4) is 0 Å². The number of nitrogen functional groups attached to an aromatic ring is 1. The summed E-state index contributed by atoms with van der Waals surface area (Å²) in [5.74, 6) is -0.426. The van der Waals surface area contributed by atoms with Crippen LogP contribution in [-0.2, 0) is 9.53 Å². The predicted molar refractivity (Wildman–Crippen MR) is 49.7 cm³/mol. The van der Waals surface area contributed by atoms with E-state index in [-0.39, 0.29) is 0 Å². The van der Waals surface area contributed by atoms with Gasteiger partial charge in [-0.1, -0.05) is 0 Å². The van der Waals surface area contributed by atoms with Gasteiger partial charge >= 0.3 is 5.97 Å². The second-order valence-corrected chi connectivity index (χ2v) is 2.33. The highest BCUT2D eigenvalue weighted by molar-refractivity contribution is 5.87. The van der Waals surface area contributed by atoms with E-state index in [0.717, 1.165) is 0 Å². The van der Waals surface area contributed by atoms with E-state index in [9.17, 15) is 4.79 Å². The molecule has 0 radical (unpaired) electrons. The Morgan fingerprint density at radius 1 is 1.69 bits per heavy atom. The number of esters is 1. The number of ether oxygens (including phenoxy) is 1. The zero-order valence-electron chi connectivity index (χ0n) is 7.23. The zero-order valence-corrected chi connectivity index (χ0v) is 7.23. The summed E-state index contributed by atoms with van der Waals surface area (Å²) in [6.07, 6.45) is 4.40. The molecule has 2 N–H and O–H groups in total. The number of pyridine rings is 1. The lowest BCUT2D eigenvalue weighted by atomic mass is 10.3. The van der Waals surface area contributed by atoms with Gasteiger partial charge in [0.25, 0.3) is 0 Å². The SMILES string of the molecule is COC(=O)/C=C/c1ncccc1N. The molecule has 0 atom stereocenters. The van der Waals surface area contributed by atoms with Crippen LogP contribution < -0.4 is 5.73 Å². The molecule has 0 saturated heterocycles. The summed E-state index contributed by atoms with van der Waals surface area (Å²) < 4.78 is 4.42. The van der Waals surface area contributed by atoms with Gasteiger partial charge in [0.2, 0.25) is 0 Å². The largest absolute Gasteiger partial charge is 0.466 e. The third-order valence-corrected chi connectivity index (χ3v) is 1.45. The van der Waals surface area contributed by atoms with Crippen molar-refractivity contribution >= 4 is 17.7 Å². The third kappa shape index (κ3) is 2.59. The van der Waals surface area contributed by atoms with Crippen LogP contribution in [0.25, 0.3) is 6.08 Å². The van der Waals surface area contributed by atoms with Crippen LogP contribution in [-0.4, -0.2) is 18.1 Å². The molecule has 1 heterocycles. The van der Waals surface area contributed by atoms with Gasteiger partial charge in [-0.2, -0.15) is 0 Å². The molecule has 4 heteroatoms. The normalized spacial score (nSPS) is 10.2. The zero-order chi connectivity index (χ0) is 9.68. The van der Waals surface area contributed by atoms with E-state index in [1.54, 1.807) is 18.3 Å². The van der Waals surface area contributed by atoms with Crippen LogP contribution in [0, 0.1) is 0 Å². The smallest absolute Gasteiger partial charge is 0.330 e. The fourth-order valence-corrected chi connectivity index (χ4v) is 0.784. The number of hydrogen-bond donors (Lipinski definition) is 1. The molecule has 0 spiro atoms. The Balaban J connectivity index is 2.80. The number of carbonyl (C=O) groups excluding carboxylic acids is 1. The minimum absolute atomic E-state index is 0.426. The lowest BCUT2D eigenvalue weighted by Gasteiger charge is -1.96. The van der Waals surface area contributed by atoms with E-state index in [0.29, 0.717) is 11.4 Å². The fourth-order valence-electron chi connectivity index (χ4n) is 0.784. The number of hydrogen-bond acceptors (Lipinski definition) is 4. The molecule has 13 heavy (non-hydrogen) atoms. The molecule has 0 aliphatic heterocycles. The first-order valence-electron chi connectivity index (χ1n) is 3.70. The molecular weight excluding hydrogens is 168 g/mol. The number of nitrogens with two attached hydrogens (primary N) is 1. The molecule has 68 valence electrons. The summed E-state index contributed by atoms with van der Waals surface area (Å²) in [5.41, 5.74) is 6.68. The summed E-state index contributed by atoms with van der Waals surface area (Å²) in [5, 5.41) is 0. The number of anilines is 1. The number of methoxy groups -OCH3 is 1. The first-order chi connectivity index (χ1) is 6.24. The van der Waals surface area contributed by atoms with E-state index in [1.165, 1.54) is 19.3 Å². The quantitative estimate of drug-likeness (QED) is 0.538. The van der Waals surface area contributed by atoms with Crippen molar-refractivity contribution in [2.45, 2.75) is 0 Å². The van der Waals surface area contributed by atoms with E-state index >= 15 is 0 Å². The van der Waals surface area contributed by atoms with Gasteiger partial charge in [0.1, 0.15) is 0 Å². The van der Waals surface area contributed by atoms with Gasteiger partial charge in [-0.25, -0.2) is 4.79 Å². The summed E-state index contributed by atoms with van der Waals surface area (Å²) in [4.78, 5) is 14.7. The molecule has 0 aliphatic carbocycles. The van der Waals surface area contributed by atoms with Crippen LogP contribution in [0.4, 0.5) is 5.69 Å². The number of aromatic nitrogens is 1. The Bertz CT molecular complexity index is 334. The van der Waals surface area contributed by atoms with Crippen LogP contribution in [0.2, 0.25) is 0 Å². The molecule has 1 rings (SSSR count). The van der Waals surface area contributed by atoms with E-state index in [2.05, 4.69) is 9.72 Å². The molecular formula is C9H10N2O2. The van der Waals surface area contributed by atoms with Crippen LogP contribution in [0.1, 0.15) is 5.69 Å². The third-order valence-electron chi connectivity index (χ3n) is 1.45. The molecule has 1 aromatic heterocycles. The fraction of sp³-hybridized carbons (Fsp3) is 0.111. The maximum atomic E-state index is 10.7. The van der Waals surface area contributed by atoms with Crippen molar-refractivity contribution < 1.29 is 9.53 Å². The van der Waals surface area contributed by atoms with E-state index in [4.69, 9.17) is 5.73 Å². The first kappa shape index (κ1) is 9.25. The van der Waals surface area contributed by atoms with Crippen LogP contribution in [0.5, 0.6) is 0 Å². The van der Waals surface area contributed by atoms with Gasteiger partial charge in [0, 0.05) is 12.3 Å². The molecule has 0 amide bonds. The highest BCUT2D eigenvalue weighted by Gasteiger charge is 1.95. The molecule has 0 aliphatic rings. The van der Waals surface area contributed by atoms with Gasteiger partial charge in [-0.15, -0.1) is 0 Å². The Hall–Kier alpha value is -1.84. The molecule has 0 fully saturated rings. The van der Waals surface area contributed by atoms with Gasteiger partial charge < -0.3 is 10.5 Å². The van der Waals surface area contributed by atoms with Gasteiger partial charge in [0.15, 0.2) is 0 Å². The standard InChI is InChI=1S/C9H10N2O2/c1-13-9(12)5-4-8-7(10)3-2-6-11-8/h2-6H,10H2,1H3/b5-4+. The van der Waals surface area contributed by atoms with Gasteiger partial charge in [-0.05, 0) is 18.2 Å². The van der Waals surface area contributed by atoms with Crippen molar-refractivity contribution in [3.63, 3.8) is 0 Å². The predicted octanol–water partition coefficient (Wildman–Crippen LogP) is 0.850. The average Bonchev–Trinajstić information content (AvgIpc) is 2.16. The molecule has 1 aromatic rings. The number of nitrogens with zero attached hydrogens (tertiary/aromatic N) is 1. The summed E-state index contributed by atoms with van der Waals surface area (Å²) >= 11 is 0. The van der Waals surface area contributed by atoms with Crippen molar-refractivity contribution in [1.29, 1.82) is 0 Å². The average molecular weight is 178 g/mol. The lowest BCUT2D eigenvalue weighted by Crippen LogP contribution is -1.95. The topological polar surface area (TPSA) is 65.2 Å². The second-order valence-electron chi connectivity index (χ2n) is 2.33. The maximum Gasteiger partial charge on any atom is 0.330 e. The molecule has 0 saturated carbocycles. The van der Waals surface area contributed by atoms with Crippen LogP contribution in [0.15, 0.2) is 24.4 Å². The Kier molecular flexibility index (Phi) is 3.03. The monoisotopic (exact) mass is 178 g/mol. The Labute approximate surface area is 76.0 Å². The van der Waals surface area contributed by atoms with E-state index < -0.39 is 5.97 Å². The lowest BCUT2D eigenvalue weighted by molar-refractivity contribution is -0.134. The number of rotatable bonds is 2. The minimum atomic E-state index is -0.426. The van der Waals surface area contributed by atoms with Gasteiger partial charge in [-0.3, -0.25) is 4.98 Å². The van der Waals surface area contributed by atoms with E-state index in [1.807, 2.05) is 0 Å². The number of carbonyl (C=O) groups is 1. The molecule has 4 nitrogen and oxygen atoms in total. The molecule has 0 unspecified atom stereocenters. The van der Waals surface area contributed by atoms with Crippen molar-refractivity contribution in [2.75, 3.05) is 12.8 Å². The minimum Gasteiger partial charge on any atom is -0.466 e. The summed E-state index contributed by atoms with van der Waals surface area (Å²) in [6.45, 7) is 0.